The maximum absolute atomic E-state index is 11.4. The topological polar surface area (TPSA) is 89.2 Å². The van der Waals surface area contributed by atoms with Crippen LogP contribution in [-0.4, -0.2) is 31.2 Å². The van der Waals surface area contributed by atoms with E-state index in [1.54, 1.807) is 6.92 Å². The van der Waals surface area contributed by atoms with Crippen LogP contribution in [0.25, 0.3) is 0 Å². The lowest BCUT2D eigenvalue weighted by Gasteiger charge is -2.20. The summed E-state index contributed by atoms with van der Waals surface area (Å²) in [4.78, 5) is 7.98. The van der Waals surface area contributed by atoms with Gasteiger partial charge in [0.05, 0.1) is 11.9 Å². The second kappa shape index (κ2) is 4.54. The van der Waals surface area contributed by atoms with Crippen LogP contribution in [0.2, 0.25) is 0 Å². The summed E-state index contributed by atoms with van der Waals surface area (Å²) in [5, 5.41) is 0. The third-order valence-electron chi connectivity index (χ3n) is 1.87. The van der Waals surface area contributed by atoms with Gasteiger partial charge >= 0.3 is 0 Å². The first-order valence-corrected chi connectivity index (χ1v) is 6.33. The first-order chi connectivity index (χ1) is 7.00. The van der Waals surface area contributed by atoms with Crippen LogP contribution in [0.4, 0.5) is 5.82 Å². The normalized spacial score (nSPS) is 11.4. The summed E-state index contributed by atoms with van der Waals surface area (Å²) in [7, 11) is -3.33. The quantitative estimate of drug-likeness (QED) is 0.768. The van der Waals surface area contributed by atoms with Crippen LogP contribution in [0.1, 0.15) is 12.6 Å². The second-order valence-electron chi connectivity index (χ2n) is 2.96. The minimum atomic E-state index is -3.33. The van der Waals surface area contributed by atoms with Gasteiger partial charge in [0, 0.05) is 25.5 Å². The molecule has 84 valence electrons. The Kier molecular flexibility index (Phi) is 3.59. The zero-order chi connectivity index (χ0) is 11.5. The summed E-state index contributed by atoms with van der Waals surface area (Å²) in [6.07, 6.45) is 4.07. The fourth-order valence-corrected chi connectivity index (χ4v) is 2.19. The molecule has 0 aliphatic heterocycles. The summed E-state index contributed by atoms with van der Waals surface area (Å²) in [5.74, 6) is 0.310. The lowest BCUT2D eigenvalue weighted by atomic mass is 10.4. The van der Waals surface area contributed by atoms with Gasteiger partial charge in [0.25, 0.3) is 0 Å². The fourth-order valence-electron chi connectivity index (χ4n) is 1.25. The van der Waals surface area contributed by atoms with Crippen molar-refractivity contribution in [3.63, 3.8) is 0 Å². The number of nitrogens with two attached hydrogens (primary N) is 1. The molecule has 0 atom stereocenters. The largest absolute Gasteiger partial charge is 0.325 e. The van der Waals surface area contributed by atoms with E-state index in [0.717, 1.165) is 6.26 Å². The molecule has 0 aliphatic carbocycles. The van der Waals surface area contributed by atoms with Gasteiger partial charge in [0.2, 0.25) is 10.0 Å². The molecule has 0 bridgehead atoms. The Morgan fingerprint density at radius 1 is 1.40 bits per heavy atom. The van der Waals surface area contributed by atoms with Gasteiger partial charge in [0.1, 0.15) is 0 Å². The Labute approximate surface area is 89.2 Å². The predicted molar refractivity (Wildman–Crippen MR) is 57.8 cm³/mol. The molecule has 0 aliphatic rings. The van der Waals surface area contributed by atoms with Crippen molar-refractivity contribution < 1.29 is 8.42 Å². The molecule has 7 heteroatoms. The summed E-state index contributed by atoms with van der Waals surface area (Å²) >= 11 is 0. The molecule has 2 N–H and O–H groups in total. The second-order valence-corrected chi connectivity index (χ2v) is 4.87. The Morgan fingerprint density at radius 2 is 2.00 bits per heavy atom. The number of sulfonamides is 1. The van der Waals surface area contributed by atoms with E-state index < -0.39 is 10.0 Å². The summed E-state index contributed by atoms with van der Waals surface area (Å²) in [6, 6.07) is 0. The van der Waals surface area contributed by atoms with Gasteiger partial charge in [-0.1, -0.05) is 0 Å². The molecule has 0 saturated heterocycles. The third kappa shape index (κ3) is 2.63. The molecule has 0 radical (unpaired) electrons. The van der Waals surface area contributed by atoms with E-state index in [4.69, 9.17) is 5.73 Å². The smallest absolute Gasteiger partial charge is 0.233 e. The Bertz CT molecular complexity index is 432. The van der Waals surface area contributed by atoms with Crippen LogP contribution in [0.15, 0.2) is 12.4 Å². The number of hydrogen-bond donors (Lipinski definition) is 1. The molecule has 6 nitrogen and oxygen atoms in total. The molecule has 0 aromatic carbocycles. The van der Waals surface area contributed by atoms with Crippen LogP contribution in [0.5, 0.6) is 0 Å². The number of aromatic nitrogens is 2. The van der Waals surface area contributed by atoms with Gasteiger partial charge in [-0.3, -0.25) is 9.29 Å². The first kappa shape index (κ1) is 11.9. The molecule has 0 spiro atoms. The van der Waals surface area contributed by atoms with E-state index in [9.17, 15) is 8.42 Å². The van der Waals surface area contributed by atoms with Gasteiger partial charge in [-0.2, -0.15) is 0 Å². The van der Waals surface area contributed by atoms with Crippen molar-refractivity contribution in [1.29, 1.82) is 0 Å². The van der Waals surface area contributed by atoms with Crippen LogP contribution in [0.3, 0.4) is 0 Å². The summed E-state index contributed by atoms with van der Waals surface area (Å²) in [6.45, 7) is 2.20. The first-order valence-electron chi connectivity index (χ1n) is 4.48. The van der Waals surface area contributed by atoms with Crippen LogP contribution < -0.4 is 10.0 Å². The van der Waals surface area contributed by atoms with Crippen molar-refractivity contribution in [1.82, 2.24) is 9.97 Å². The maximum Gasteiger partial charge on any atom is 0.233 e. The third-order valence-corrected chi connectivity index (χ3v) is 3.10. The van der Waals surface area contributed by atoms with Crippen molar-refractivity contribution >= 4 is 15.8 Å². The molecule has 0 unspecified atom stereocenters. The van der Waals surface area contributed by atoms with E-state index in [1.807, 2.05) is 0 Å². The maximum atomic E-state index is 11.4. The van der Waals surface area contributed by atoms with Crippen LogP contribution in [-0.2, 0) is 16.6 Å². The monoisotopic (exact) mass is 230 g/mol. The minimum Gasteiger partial charge on any atom is -0.325 e. The predicted octanol–water partition coefficient (Wildman–Crippen LogP) is -0.279. The van der Waals surface area contributed by atoms with E-state index in [2.05, 4.69) is 9.97 Å². The molecule has 0 fully saturated rings. The average Bonchev–Trinajstić information content (AvgIpc) is 2.17. The highest BCUT2D eigenvalue weighted by Crippen LogP contribution is 2.16. The Balaban J connectivity index is 3.24. The summed E-state index contributed by atoms with van der Waals surface area (Å²) in [5.41, 5.74) is 5.94. The number of anilines is 1. The Hall–Kier alpha value is -1.21. The molecule has 1 aromatic heterocycles. The molecule has 1 heterocycles. The van der Waals surface area contributed by atoms with Crippen LogP contribution in [0, 0.1) is 0 Å². The molecule has 15 heavy (non-hydrogen) atoms. The van der Waals surface area contributed by atoms with Crippen molar-refractivity contribution in [2.45, 2.75) is 13.5 Å². The molecule has 0 saturated carbocycles. The van der Waals surface area contributed by atoms with Gasteiger partial charge in [-0.15, -0.1) is 0 Å². The molecule has 1 aromatic rings. The van der Waals surface area contributed by atoms with Gasteiger partial charge < -0.3 is 5.73 Å². The van der Waals surface area contributed by atoms with E-state index in [-0.39, 0.29) is 6.54 Å². The van der Waals surface area contributed by atoms with Crippen molar-refractivity contribution in [3.8, 4) is 0 Å². The number of rotatable bonds is 4. The van der Waals surface area contributed by atoms with Gasteiger partial charge in [-0.05, 0) is 6.92 Å². The standard InChI is InChI=1S/C8H14N4O2S/c1-3-12(15(2,13)14)8-7(6-9)10-4-5-11-8/h4-5H,3,6,9H2,1-2H3. The van der Waals surface area contributed by atoms with Crippen molar-refractivity contribution in [2.24, 2.45) is 5.73 Å². The van der Waals surface area contributed by atoms with Crippen molar-refractivity contribution in [3.05, 3.63) is 18.1 Å². The zero-order valence-corrected chi connectivity index (χ0v) is 9.53. The van der Waals surface area contributed by atoms with E-state index in [1.165, 1.54) is 16.7 Å². The molecule has 0 amide bonds. The van der Waals surface area contributed by atoms with Gasteiger partial charge in [-0.25, -0.2) is 13.4 Å². The highest BCUT2D eigenvalue weighted by atomic mass is 32.2. The lowest BCUT2D eigenvalue weighted by molar-refractivity contribution is 0.597. The SMILES string of the molecule is CCN(c1nccnc1CN)S(C)(=O)=O. The minimum absolute atomic E-state index is 0.162. The summed E-state index contributed by atoms with van der Waals surface area (Å²) < 4.78 is 24.1. The molecule has 1 rings (SSSR count). The zero-order valence-electron chi connectivity index (χ0n) is 8.71. The number of nitrogens with zero attached hydrogens (tertiary/aromatic N) is 3. The molecular formula is C8H14N4O2S. The van der Waals surface area contributed by atoms with E-state index in [0.29, 0.717) is 18.1 Å². The average molecular weight is 230 g/mol. The highest BCUT2D eigenvalue weighted by molar-refractivity contribution is 7.92. The molecular weight excluding hydrogens is 216 g/mol. The highest BCUT2D eigenvalue weighted by Gasteiger charge is 2.19. The van der Waals surface area contributed by atoms with Gasteiger partial charge in [0.15, 0.2) is 5.82 Å². The Morgan fingerprint density at radius 3 is 2.47 bits per heavy atom. The van der Waals surface area contributed by atoms with Crippen molar-refractivity contribution in [2.75, 3.05) is 17.1 Å². The lowest BCUT2D eigenvalue weighted by Crippen LogP contribution is -2.31. The van der Waals surface area contributed by atoms with E-state index >= 15 is 0 Å². The fraction of sp³-hybridized carbons (Fsp3) is 0.500. The van der Waals surface area contributed by atoms with Crippen LogP contribution >= 0.6 is 0 Å². The number of hydrogen-bond acceptors (Lipinski definition) is 5.